The minimum Gasteiger partial charge on any atom is -0.341 e. The molecular weight excluding hydrogens is 238 g/mol. The van der Waals surface area contributed by atoms with Gasteiger partial charge in [0.15, 0.2) is 4.77 Å². The van der Waals surface area contributed by atoms with E-state index in [2.05, 4.69) is 4.98 Å². The molecule has 0 aliphatic carbocycles. The Morgan fingerprint density at radius 1 is 1.47 bits per heavy atom. The van der Waals surface area contributed by atoms with Crippen molar-refractivity contribution in [1.29, 1.82) is 0 Å². The number of hydrogen-bond donors (Lipinski definition) is 1. The van der Waals surface area contributed by atoms with Crippen LogP contribution in [0.4, 0.5) is 0 Å². The highest BCUT2D eigenvalue weighted by Crippen LogP contribution is 2.15. The molecule has 1 fully saturated rings. The molecule has 1 aliphatic heterocycles. The Balaban J connectivity index is 2.24. The molecule has 2 heterocycles. The molecule has 92 valence electrons. The molecule has 0 radical (unpaired) electrons. The van der Waals surface area contributed by atoms with Gasteiger partial charge in [-0.05, 0) is 32.0 Å². The van der Waals surface area contributed by atoms with Gasteiger partial charge in [0, 0.05) is 25.4 Å². The Hall–Kier alpha value is -1.43. The molecular formula is C11H15N3O2S. The average Bonchev–Trinajstić information content (AvgIpc) is 2.80. The molecule has 5 nitrogen and oxygen atoms in total. The number of likely N-dealkylation sites (tertiary alicyclic amines) is 1. The number of amides is 1. The van der Waals surface area contributed by atoms with E-state index < -0.39 is 0 Å². The van der Waals surface area contributed by atoms with E-state index in [-0.39, 0.29) is 22.3 Å². The lowest BCUT2D eigenvalue weighted by Gasteiger charge is -2.22. The maximum atomic E-state index is 12.1. The van der Waals surface area contributed by atoms with Crippen LogP contribution in [0.25, 0.3) is 0 Å². The molecule has 0 spiro atoms. The van der Waals surface area contributed by atoms with E-state index in [0.29, 0.717) is 0 Å². The van der Waals surface area contributed by atoms with Crippen molar-refractivity contribution in [3.05, 3.63) is 27.4 Å². The molecule has 6 heteroatoms. The van der Waals surface area contributed by atoms with Crippen molar-refractivity contribution in [3.8, 4) is 0 Å². The molecule has 1 atom stereocenters. The molecule has 17 heavy (non-hydrogen) atoms. The van der Waals surface area contributed by atoms with Crippen molar-refractivity contribution in [2.45, 2.75) is 25.8 Å². The molecule has 0 saturated carbocycles. The Morgan fingerprint density at radius 3 is 2.71 bits per heavy atom. The predicted molar refractivity (Wildman–Crippen MR) is 66.4 cm³/mol. The van der Waals surface area contributed by atoms with E-state index >= 15 is 0 Å². The summed E-state index contributed by atoms with van der Waals surface area (Å²) in [6.07, 6.45) is 3.70. The van der Waals surface area contributed by atoms with Gasteiger partial charge < -0.3 is 9.47 Å². The van der Waals surface area contributed by atoms with Crippen LogP contribution in [0, 0.1) is 4.77 Å². The van der Waals surface area contributed by atoms with Crippen molar-refractivity contribution in [2.24, 2.45) is 0 Å². The van der Waals surface area contributed by atoms with Crippen LogP contribution in [0.1, 0.15) is 25.8 Å². The fourth-order valence-electron chi connectivity index (χ4n) is 2.05. The van der Waals surface area contributed by atoms with Gasteiger partial charge in [0.05, 0.1) is 0 Å². The van der Waals surface area contributed by atoms with E-state index in [9.17, 15) is 9.59 Å². The highest BCUT2D eigenvalue weighted by Gasteiger charge is 2.24. The second kappa shape index (κ2) is 4.83. The summed E-state index contributed by atoms with van der Waals surface area (Å²) in [5, 5.41) is 0. The summed E-state index contributed by atoms with van der Waals surface area (Å²) in [4.78, 5) is 27.6. The maximum absolute atomic E-state index is 12.1. The van der Waals surface area contributed by atoms with E-state index in [1.807, 2.05) is 4.90 Å². The topological polar surface area (TPSA) is 58.1 Å². The van der Waals surface area contributed by atoms with Crippen LogP contribution in [0.3, 0.4) is 0 Å². The number of aromatic amines is 1. The average molecular weight is 253 g/mol. The van der Waals surface area contributed by atoms with E-state index in [4.69, 9.17) is 12.2 Å². The number of hydrogen-bond acceptors (Lipinski definition) is 3. The lowest BCUT2D eigenvalue weighted by Crippen LogP contribution is -2.34. The smallest absolute Gasteiger partial charge is 0.251 e. The maximum Gasteiger partial charge on any atom is 0.251 e. The second-order valence-electron chi connectivity index (χ2n) is 4.23. The van der Waals surface area contributed by atoms with Crippen LogP contribution in [0.5, 0.6) is 0 Å². The number of nitrogens with zero attached hydrogens (tertiary/aromatic N) is 2. The summed E-state index contributed by atoms with van der Waals surface area (Å²) in [6, 6.07) is 1.02. The number of nitrogens with one attached hydrogen (secondary N) is 1. The lowest BCUT2D eigenvalue weighted by atomic mass is 10.3. The number of rotatable bonds is 2. The van der Waals surface area contributed by atoms with Crippen LogP contribution in [-0.2, 0) is 4.79 Å². The third-order valence-corrected chi connectivity index (χ3v) is 3.36. The molecule has 1 saturated heterocycles. The predicted octanol–water partition coefficient (Wildman–Crippen LogP) is 1.09. The van der Waals surface area contributed by atoms with Crippen molar-refractivity contribution < 1.29 is 4.79 Å². The Labute approximate surface area is 104 Å². The van der Waals surface area contributed by atoms with Gasteiger partial charge >= 0.3 is 0 Å². The molecule has 2 rings (SSSR count). The second-order valence-corrected chi connectivity index (χ2v) is 4.61. The van der Waals surface area contributed by atoms with Gasteiger partial charge in [0.2, 0.25) is 5.91 Å². The van der Waals surface area contributed by atoms with Gasteiger partial charge in [-0.3, -0.25) is 14.6 Å². The van der Waals surface area contributed by atoms with Crippen LogP contribution in [0.2, 0.25) is 0 Å². The van der Waals surface area contributed by atoms with Gasteiger partial charge in [0.25, 0.3) is 5.56 Å². The largest absolute Gasteiger partial charge is 0.341 e. The summed E-state index contributed by atoms with van der Waals surface area (Å²) in [7, 11) is 0. The normalized spacial score (nSPS) is 17.1. The molecule has 1 aromatic heterocycles. The zero-order chi connectivity index (χ0) is 12.4. The summed E-state index contributed by atoms with van der Waals surface area (Å²) >= 11 is 5.05. The van der Waals surface area contributed by atoms with E-state index in [0.717, 1.165) is 25.9 Å². The fourth-order valence-corrected chi connectivity index (χ4v) is 2.37. The summed E-state index contributed by atoms with van der Waals surface area (Å²) in [5.74, 6) is 0.0608. The Bertz CT molecular complexity index is 528. The first-order chi connectivity index (χ1) is 8.09. The lowest BCUT2D eigenvalue weighted by molar-refractivity contribution is -0.133. The van der Waals surface area contributed by atoms with Gasteiger partial charge in [0.1, 0.15) is 6.04 Å². The first-order valence-electron chi connectivity index (χ1n) is 5.70. The summed E-state index contributed by atoms with van der Waals surface area (Å²) in [5.41, 5.74) is -0.243. The molecule has 1 aromatic rings. The molecule has 1 amide bonds. The quantitative estimate of drug-likeness (QED) is 0.803. The van der Waals surface area contributed by atoms with Gasteiger partial charge in [-0.1, -0.05) is 0 Å². The fraction of sp³-hybridized carbons (Fsp3) is 0.545. The van der Waals surface area contributed by atoms with Crippen molar-refractivity contribution in [3.63, 3.8) is 0 Å². The SMILES string of the molecule is CC(C(=O)N1CCCC1)n1ccc(=O)[nH]c1=S. The monoisotopic (exact) mass is 253 g/mol. The van der Waals surface area contributed by atoms with Gasteiger partial charge in [-0.15, -0.1) is 0 Å². The molecule has 1 N–H and O–H groups in total. The van der Waals surface area contributed by atoms with Crippen LogP contribution < -0.4 is 5.56 Å². The van der Waals surface area contributed by atoms with Crippen LogP contribution in [-0.4, -0.2) is 33.4 Å². The first kappa shape index (κ1) is 12.0. The Kier molecular flexibility index (Phi) is 3.42. The third-order valence-electron chi connectivity index (χ3n) is 3.04. The number of aromatic nitrogens is 2. The highest BCUT2D eigenvalue weighted by molar-refractivity contribution is 7.71. The number of H-pyrrole nitrogens is 1. The minimum absolute atomic E-state index is 0.0608. The van der Waals surface area contributed by atoms with Crippen LogP contribution >= 0.6 is 12.2 Å². The molecule has 1 aliphatic rings. The number of carbonyl (C=O) groups is 1. The van der Waals surface area contributed by atoms with Crippen LogP contribution in [0.15, 0.2) is 17.1 Å². The Morgan fingerprint density at radius 2 is 2.12 bits per heavy atom. The molecule has 0 bridgehead atoms. The zero-order valence-corrected chi connectivity index (χ0v) is 10.5. The summed E-state index contributed by atoms with van der Waals surface area (Å²) < 4.78 is 1.91. The van der Waals surface area contributed by atoms with Crippen molar-refractivity contribution in [2.75, 3.05) is 13.1 Å². The molecule has 0 aromatic carbocycles. The van der Waals surface area contributed by atoms with Crippen molar-refractivity contribution in [1.82, 2.24) is 14.5 Å². The highest BCUT2D eigenvalue weighted by atomic mass is 32.1. The van der Waals surface area contributed by atoms with Crippen molar-refractivity contribution >= 4 is 18.1 Å². The number of carbonyl (C=O) groups excluding carboxylic acids is 1. The third kappa shape index (κ3) is 2.46. The molecule has 1 unspecified atom stereocenters. The standard InChI is InChI=1S/C11H15N3O2S/c1-8(10(16)13-5-2-3-6-13)14-7-4-9(15)12-11(14)17/h4,7-8H,2-3,5-6H2,1H3,(H,12,15,17). The van der Waals surface area contributed by atoms with Gasteiger partial charge in [-0.25, -0.2) is 0 Å². The minimum atomic E-state index is -0.363. The summed E-state index contributed by atoms with van der Waals surface area (Å²) in [6.45, 7) is 3.44. The van der Waals surface area contributed by atoms with E-state index in [1.54, 1.807) is 17.7 Å². The first-order valence-corrected chi connectivity index (χ1v) is 6.10. The van der Waals surface area contributed by atoms with Gasteiger partial charge in [-0.2, -0.15) is 0 Å². The van der Waals surface area contributed by atoms with E-state index in [1.165, 1.54) is 6.07 Å². The zero-order valence-electron chi connectivity index (χ0n) is 9.68.